The van der Waals surface area contributed by atoms with Gasteiger partial charge >= 0.3 is 0 Å². The van der Waals surface area contributed by atoms with E-state index >= 15 is 0 Å². The van der Waals surface area contributed by atoms with Gasteiger partial charge in [0.2, 0.25) is 0 Å². The van der Waals surface area contributed by atoms with Crippen molar-refractivity contribution >= 4 is 52.2 Å². The second-order valence-corrected chi connectivity index (χ2v) is 11.5. The number of benzene rings is 3. The van der Waals surface area contributed by atoms with Crippen LogP contribution < -0.4 is 20.2 Å². The zero-order valence-electron chi connectivity index (χ0n) is 22.0. The van der Waals surface area contributed by atoms with E-state index in [1.165, 1.54) is 11.3 Å². The fourth-order valence-electron chi connectivity index (χ4n) is 4.86. The van der Waals surface area contributed by atoms with E-state index in [0.717, 1.165) is 16.7 Å². The number of nitrogens with one attached hydrogen (secondary N) is 1. The summed E-state index contributed by atoms with van der Waals surface area (Å²) >= 11 is 13.6. The number of amides is 1. The Balaban J connectivity index is 1.45. The number of anilines is 1. The van der Waals surface area contributed by atoms with Crippen molar-refractivity contribution in [1.29, 1.82) is 0 Å². The first-order valence-electron chi connectivity index (χ1n) is 12.8. The van der Waals surface area contributed by atoms with Gasteiger partial charge in [-0.3, -0.25) is 14.2 Å². The van der Waals surface area contributed by atoms with E-state index in [-0.39, 0.29) is 11.5 Å². The van der Waals surface area contributed by atoms with Crippen molar-refractivity contribution in [2.24, 2.45) is 4.99 Å². The van der Waals surface area contributed by atoms with Gasteiger partial charge in [0.25, 0.3) is 11.5 Å². The van der Waals surface area contributed by atoms with Gasteiger partial charge in [-0.1, -0.05) is 70.9 Å². The largest absolute Gasteiger partial charge is 0.457 e. The van der Waals surface area contributed by atoms with Crippen LogP contribution in [0.1, 0.15) is 29.9 Å². The molecule has 3 aromatic carbocycles. The molecule has 1 aliphatic heterocycles. The van der Waals surface area contributed by atoms with Gasteiger partial charge in [0.05, 0.1) is 21.8 Å². The summed E-state index contributed by atoms with van der Waals surface area (Å²) in [5, 5.41) is 4.12. The predicted octanol–water partition coefficient (Wildman–Crippen LogP) is 6.75. The molecule has 1 aliphatic rings. The lowest BCUT2D eigenvalue weighted by molar-refractivity contribution is -0.113. The highest BCUT2D eigenvalue weighted by molar-refractivity contribution is 7.07. The van der Waals surface area contributed by atoms with E-state index in [0.29, 0.717) is 47.9 Å². The zero-order valence-corrected chi connectivity index (χ0v) is 24.3. The second-order valence-electron chi connectivity index (χ2n) is 9.61. The van der Waals surface area contributed by atoms with Crippen LogP contribution in [-0.2, 0) is 4.79 Å². The Morgan fingerprint density at radius 1 is 0.976 bits per heavy atom. The van der Waals surface area contributed by atoms with Crippen molar-refractivity contribution in [2.45, 2.75) is 19.9 Å². The molecule has 0 saturated heterocycles. The molecule has 2 aromatic heterocycles. The lowest BCUT2D eigenvalue weighted by atomic mass is 9.95. The normalized spacial score (nSPS) is 15.0. The van der Waals surface area contributed by atoms with Crippen molar-refractivity contribution < 1.29 is 9.21 Å². The molecule has 1 amide bonds. The first-order valence-corrected chi connectivity index (χ1v) is 14.4. The van der Waals surface area contributed by atoms with Gasteiger partial charge in [0.15, 0.2) is 4.80 Å². The van der Waals surface area contributed by atoms with Gasteiger partial charge in [-0.25, -0.2) is 4.99 Å². The van der Waals surface area contributed by atoms with Gasteiger partial charge in [0, 0.05) is 27.4 Å². The first kappa shape index (κ1) is 27.0. The molecule has 3 heterocycles. The molecule has 6 rings (SSSR count). The van der Waals surface area contributed by atoms with E-state index in [4.69, 9.17) is 27.6 Å². The third-order valence-electron chi connectivity index (χ3n) is 6.85. The highest BCUT2D eigenvalue weighted by atomic mass is 35.5. The Hall–Kier alpha value is -4.17. The molecule has 1 unspecified atom stereocenters. The number of aromatic nitrogens is 1. The number of aryl methyl sites for hydroxylation is 1. The summed E-state index contributed by atoms with van der Waals surface area (Å²) in [5.74, 6) is 0.837. The van der Waals surface area contributed by atoms with Crippen LogP contribution in [-0.4, -0.2) is 10.5 Å². The fourth-order valence-corrected chi connectivity index (χ4v) is 6.18. The van der Waals surface area contributed by atoms with Gasteiger partial charge < -0.3 is 9.73 Å². The van der Waals surface area contributed by atoms with Crippen LogP contribution in [0.4, 0.5) is 5.69 Å². The number of hydrogen-bond donors (Lipinski definition) is 1. The molecule has 0 bridgehead atoms. The molecule has 0 fully saturated rings. The fraction of sp³-hybridized carbons (Fsp3) is 0.0938. The van der Waals surface area contributed by atoms with Crippen molar-refractivity contribution in [3.05, 3.63) is 143 Å². The number of halogens is 2. The van der Waals surface area contributed by atoms with E-state index in [2.05, 4.69) is 10.3 Å². The Morgan fingerprint density at radius 3 is 2.46 bits per heavy atom. The molecule has 41 heavy (non-hydrogen) atoms. The standard InChI is InChI=1S/C32H23Cl2N3O3S/c1-18-8-11-22(34)16-25(18)26-15-14-24(40-26)17-27-31(39)37-29(20-9-12-21(33)13-10-20)28(19(2)35-32(37)41-27)30(38)36-23-6-4-3-5-7-23/h3-17,29H,1-2H3,(H,36,38)/b27-17-. The number of nitrogens with zero attached hydrogens (tertiary/aromatic N) is 2. The number of thiazole rings is 1. The Kier molecular flexibility index (Phi) is 7.26. The number of carbonyl (C=O) groups excluding carboxylic acids is 1. The van der Waals surface area contributed by atoms with Crippen molar-refractivity contribution in [3.63, 3.8) is 0 Å². The molecule has 0 aliphatic carbocycles. The average molecular weight is 601 g/mol. The van der Waals surface area contributed by atoms with Crippen LogP contribution in [0, 0.1) is 6.92 Å². The molecular weight excluding hydrogens is 577 g/mol. The van der Waals surface area contributed by atoms with E-state index in [1.807, 2.05) is 79.7 Å². The third-order valence-corrected chi connectivity index (χ3v) is 8.32. The first-order chi connectivity index (χ1) is 19.8. The lowest BCUT2D eigenvalue weighted by Gasteiger charge is -2.25. The lowest BCUT2D eigenvalue weighted by Crippen LogP contribution is -2.40. The maximum Gasteiger partial charge on any atom is 0.271 e. The van der Waals surface area contributed by atoms with Gasteiger partial charge in [-0.2, -0.15) is 0 Å². The molecule has 1 atom stereocenters. The highest BCUT2D eigenvalue weighted by Crippen LogP contribution is 2.32. The van der Waals surface area contributed by atoms with Crippen LogP contribution in [0.25, 0.3) is 17.4 Å². The predicted molar refractivity (Wildman–Crippen MR) is 164 cm³/mol. The zero-order chi connectivity index (χ0) is 28.7. The van der Waals surface area contributed by atoms with Gasteiger partial charge in [-0.15, -0.1) is 0 Å². The molecule has 9 heteroatoms. The molecule has 5 aromatic rings. The van der Waals surface area contributed by atoms with Crippen molar-refractivity contribution in [1.82, 2.24) is 4.57 Å². The third kappa shape index (κ3) is 5.32. The van der Waals surface area contributed by atoms with Crippen molar-refractivity contribution in [2.75, 3.05) is 5.32 Å². The van der Waals surface area contributed by atoms with Crippen molar-refractivity contribution in [3.8, 4) is 11.3 Å². The van der Waals surface area contributed by atoms with Crippen LogP contribution in [0.15, 0.2) is 110 Å². The monoisotopic (exact) mass is 599 g/mol. The summed E-state index contributed by atoms with van der Waals surface area (Å²) in [5.41, 5.74) is 3.93. The summed E-state index contributed by atoms with van der Waals surface area (Å²) in [6.07, 6.45) is 1.70. The minimum Gasteiger partial charge on any atom is -0.457 e. The molecule has 204 valence electrons. The minimum atomic E-state index is -0.698. The van der Waals surface area contributed by atoms with Gasteiger partial charge in [0.1, 0.15) is 11.5 Å². The number of carbonyl (C=O) groups is 1. The van der Waals surface area contributed by atoms with E-state index < -0.39 is 6.04 Å². The number of hydrogen-bond acceptors (Lipinski definition) is 5. The van der Waals surface area contributed by atoms with Crippen LogP contribution in [0.5, 0.6) is 0 Å². The molecule has 6 nitrogen and oxygen atoms in total. The maximum atomic E-state index is 13.9. The summed E-state index contributed by atoms with van der Waals surface area (Å²) in [7, 11) is 0. The van der Waals surface area contributed by atoms with Crippen LogP contribution >= 0.6 is 34.5 Å². The number of allylic oxidation sites excluding steroid dienone is 1. The van der Waals surface area contributed by atoms with E-state index in [9.17, 15) is 9.59 Å². The molecule has 0 spiro atoms. The topological polar surface area (TPSA) is 76.6 Å². The molecule has 1 N–H and O–H groups in total. The SMILES string of the molecule is CC1=C(C(=O)Nc2ccccc2)C(c2ccc(Cl)cc2)n2c(s/c(=C\c3ccc(-c4cc(Cl)ccc4C)o3)c2=O)=N1. The second kappa shape index (κ2) is 11.0. The summed E-state index contributed by atoms with van der Waals surface area (Å²) in [6.45, 7) is 3.77. The van der Waals surface area contributed by atoms with Gasteiger partial charge in [-0.05, 0) is 73.5 Å². The average Bonchev–Trinajstić information content (AvgIpc) is 3.54. The number of para-hydroxylation sites is 1. The van der Waals surface area contributed by atoms with E-state index in [1.54, 1.807) is 29.7 Å². The quantitative estimate of drug-likeness (QED) is 0.243. The smallest absolute Gasteiger partial charge is 0.271 e. The number of fused-ring (bicyclic) bond motifs is 1. The maximum absolute atomic E-state index is 13.9. The Morgan fingerprint density at radius 2 is 1.71 bits per heavy atom. The highest BCUT2D eigenvalue weighted by Gasteiger charge is 2.32. The molecule has 0 saturated carbocycles. The summed E-state index contributed by atoms with van der Waals surface area (Å²) in [4.78, 5) is 32.7. The number of rotatable bonds is 5. The summed E-state index contributed by atoms with van der Waals surface area (Å²) < 4.78 is 8.09. The number of furan rings is 1. The molecular formula is C32H23Cl2N3O3S. The molecule has 0 radical (unpaired) electrons. The van der Waals surface area contributed by atoms with Crippen LogP contribution in [0.2, 0.25) is 10.0 Å². The van der Waals surface area contributed by atoms with Crippen LogP contribution in [0.3, 0.4) is 0 Å². The Bertz CT molecular complexity index is 2010. The minimum absolute atomic E-state index is 0.275. The summed E-state index contributed by atoms with van der Waals surface area (Å²) in [6, 6.07) is 24.9. The Labute approximate surface area is 249 Å².